The van der Waals surface area contributed by atoms with E-state index in [1.165, 1.54) is 11.3 Å². The lowest BCUT2D eigenvalue weighted by Crippen LogP contribution is -2.31. The summed E-state index contributed by atoms with van der Waals surface area (Å²) in [6.45, 7) is 4.11. The molecule has 1 aliphatic heterocycles. The lowest BCUT2D eigenvalue weighted by Gasteiger charge is -2.24. The molecule has 3 rings (SSSR count). The summed E-state index contributed by atoms with van der Waals surface area (Å²) in [4.78, 5) is 4.57. The Hall–Kier alpha value is -1.32. The predicted octanol–water partition coefficient (Wildman–Crippen LogP) is 2.79. The molecular weight excluding hydrogens is 246 g/mol. The minimum Gasteiger partial charge on any atom is -0.334 e. The van der Waals surface area contributed by atoms with Gasteiger partial charge in [0.05, 0.1) is 18.1 Å². The maximum atomic E-state index is 6.07. The van der Waals surface area contributed by atoms with Crippen LogP contribution in [-0.2, 0) is 13.0 Å². The highest BCUT2D eigenvalue weighted by molar-refractivity contribution is 6.30. The third kappa shape index (κ3) is 1.93. The van der Waals surface area contributed by atoms with Gasteiger partial charge in [0.2, 0.25) is 0 Å². The molecule has 0 saturated heterocycles. The van der Waals surface area contributed by atoms with Gasteiger partial charge in [0.25, 0.3) is 0 Å². The number of rotatable bonds is 2. The minimum absolute atomic E-state index is 0.167. The van der Waals surface area contributed by atoms with Crippen molar-refractivity contribution < 1.29 is 0 Å². The zero-order valence-corrected chi connectivity index (χ0v) is 11.1. The van der Waals surface area contributed by atoms with E-state index in [2.05, 4.69) is 27.9 Å². The Morgan fingerprint density at radius 3 is 3.17 bits per heavy atom. The van der Waals surface area contributed by atoms with Crippen LogP contribution in [0.15, 0.2) is 30.6 Å². The lowest BCUT2D eigenvalue weighted by atomic mass is 9.98. The molecule has 3 nitrogen and oxygen atoms in total. The van der Waals surface area contributed by atoms with Crippen LogP contribution in [0.1, 0.15) is 29.9 Å². The van der Waals surface area contributed by atoms with Crippen LogP contribution in [-0.4, -0.2) is 16.1 Å². The molecule has 1 aromatic heterocycles. The molecule has 1 atom stereocenters. The van der Waals surface area contributed by atoms with Crippen molar-refractivity contribution >= 4 is 11.6 Å². The van der Waals surface area contributed by atoms with Crippen LogP contribution in [0, 0.1) is 0 Å². The van der Waals surface area contributed by atoms with E-state index in [9.17, 15) is 0 Å². The molecule has 0 saturated carbocycles. The summed E-state index contributed by atoms with van der Waals surface area (Å²) in [6, 6.07) is 8.17. The standard InChI is InChI=1S/C14H16ClN3/c1-2-18-9-17-14-12(18)6-7-16-13(14)10-4-3-5-11(15)8-10/h3-5,8-9,13,16H,2,6-7H2,1H3. The SMILES string of the molecule is CCn1cnc2c1CCNC2c1cccc(Cl)c1. The Bertz CT molecular complexity index is 562. The molecule has 1 unspecified atom stereocenters. The van der Waals surface area contributed by atoms with Crippen LogP contribution < -0.4 is 5.32 Å². The average Bonchev–Trinajstić information content (AvgIpc) is 2.81. The van der Waals surface area contributed by atoms with E-state index in [-0.39, 0.29) is 6.04 Å². The summed E-state index contributed by atoms with van der Waals surface area (Å²) < 4.78 is 2.23. The second-order valence-electron chi connectivity index (χ2n) is 4.55. The summed E-state index contributed by atoms with van der Waals surface area (Å²) in [5.41, 5.74) is 3.68. The Morgan fingerprint density at radius 1 is 1.50 bits per heavy atom. The van der Waals surface area contributed by atoms with Crippen molar-refractivity contribution in [2.75, 3.05) is 6.54 Å². The third-order valence-corrected chi connectivity index (χ3v) is 3.72. The fourth-order valence-corrected chi connectivity index (χ4v) is 2.80. The summed E-state index contributed by atoms with van der Waals surface area (Å²) in [5.74, 6) is 0. The fourth-order valence-electron chi connectivity index (χ4n) is 2.60. The highest BCUT2D eigenvalue weighted by Crippen LogP contribution is 2.28. The predicted molar refractivity (Wildman–Crippen MR) is 72.9 cm³/mol. The number of nitrogens with zero attached hydrogens (tertiary/aromatic N) is 2. The van der Waals surface area contributed by atoms with Crippen molar-refractivity contribution in [3.63, 3.8) is 0 Å². The van der Waals surface area contributed by atoms with E-state index < -0.39 is 0 Å². The zero-order valence-electron chi connectivity index (χ0n) is 10.4. The van der Waals surface area contributed by atoms with E-state index >= 15 is 0 Å². The van der Waals surface area contributed by atoms with Crippen molar-refractivity contribution in [2.24, 2.45) is 0 Å². The normalized spacial score (nSPS) is 18.7. The quantitative estimate of drug-likeness (QED) is 0.901. The van der Waals surface area contributed by atoms with E-state index in [0.717, 1.165) is 30.2 Å². The second kappa shape index (κ2) is 4.75. The monoisotopic (exact) mass is 261 g/mol. The van der Waals surface area contributed by atoms with Crippen LogP contribution in [0.25, 0.3) is 0 Å². The van der Waals surface area contributed by atoms with E-state index in [0.29, 0.717) is 0 Å². The molecule has 94 valence electrons. The molecule has 0 spiro atoms. The number of benzene rings is 1. The van der Waals surface area contributed by atoms with Gasteiger partial charge in [0.15, 0.2) is 0 Å². The highest BCUT2D eigenvalue weighted by Gasteiger charge is 2.25. The third-order valence-electron chi connectivity index (χ3n) is 3.48. The van der Waals surface area contributed by atoms with Gasteiger partial charge in [-0.25, -0.2) is 4.98 Å². The lowest BCUT2D eigenvalue weighted by molar-refractivity contribution is 0.538. The number of nitrogens with one attached hydrogen (secondary N) is 1. The topological polar surface area (TPSA) is 29.9 Å². The van der Waals surface area contributed by atoms with Gasteiger partial charge >= 0.3 is 0 Å². The second-order valence-corrected chi connectivity index (χ2v) is 4.99. The van der Waals surface area contributed by atoms with Crippen LogP contribution >= 0.6 is 11.6 Å². The molecule has 1 N–H and O–H groups in total. The molecule has 0 aliphatic carbocycles. The zero-order chi connectivity index (χ0) is 12.5. The van der Waals surface area contributed by atoms with Gasteiger partial charge in [-0.1, -0.05) is 23.7 Å². The first-order valence-electron chi connectivity index (χ1n) is 6.32. The number of aryl methyl sites for hydroxylation is 1. The van der Waals surface area contributed by atoms with Gasteiger partial charge in [-0.3, -0.25) is 0 Å². The average molecular weight is 262 g/mol. The van der Waals surface area contributed by atoms with E-state index in [1.807, 2.05) is 24.5 Å². The Balaban J connectivity index is 2.03. The van der Waals surface area contributed by atoms with Crippen molar-refractivity contribution in [2.45, 2.75) is 25.9 Å². The first-order chi connectivity index (χ1) is 8.79. The number of imidazole rings is 1. The van der Waals surface area contributed by atoms with Gasteiger partial charge < -0.3 is 9.88 Å². The molecule has 0 bridgehead atoms. The Labute approximate surface area is 112 Å². The van der Waals surface area contributed by atoms with Crippen molar-refractivity contribution in [3.8, 4) is 0 Å². The first kappa shape index (κ1) is 11.8. The molecular formula is C14H16ClN3. The molecule has 2 aromatic rings. The number of halogens is 1. The van der Waals surface area contributed by atoms with Gasteiger partial charge in [-0.05, 0) is 24.6 Å². The highest BCUT2D eigenvalue weighted by atomic mass is 35.5. The maximum absolute atomic E-state index is 6.07. The number of fused-ring (bicyclic) bond motifs is 1. The number of hydrogen-bond donors (Lipinski definition) is 1. The molecule has 0 fully saturated rings. The van der Waals surface area contributed by atoms with Gasteiger partial charge in [0, 0.05) is 30.2 Å². The van der Waals surface area contributed by atoms with E-state index in [1.54, 1.807) is 0 Å². The van der Waals surface area contributed by atoms with Crippen molar-refractivity contribution in [3.05, 3.63) is 52.6 Å². The van der Waals surface area contributed by atoms with Crippen LogP contribution in [0.3, 0.4) is 0 Å². The largest absolute Gasteiger partial charge is 0.334 e. The Kier molecular flexibility index (Phi) is 3.10. The molecule has 18 heavy (non-hydrogen) atoms. The van der Waals surface area contributed by atoms with Crippen LogP contribution in [0.5, 0.6) is 0 Å². The number of aromatic nitrogens is 2. The molecule has 0 amide bonds. The minimum atomic E-state index is 0.167. The van der Waals surface area contributed by atoms with Crippen molar-refractivity contribution in [1.82, 2.24) is 14.9 Å². The van der Waals surface area contributed by atoms with Crippen molar-refractivity contribution in [1.29, 1.82) is 0 Å². The Morgan fingerprint density at radius 2 is 2.39 bits per heavy atom. The van der Waals surface area contributed by atoms with Gasteiger partial charge in [-0.15, -0.1) is 0 Å². The smallest absolute Gasteiger partial charge is 0.0952 e. The molecule has 0 radical (unpaired) electrons. The fraction of sp³-hybridized carbons (Fsp3) is 0.357. The van der Waals surface area contributed by atoms with Crippen LogP contribution in [0.2, 0.25) is 5.02 Å². The summed E-state index contributed by atoms with van der Waals surface area (Å²) in [7, 11) is 0. The molecule has 2 heterocycles. The summed E-state index contributed by atoms with van der Waals surface area (Å²) in [5, 5.41) is 4.30. The summed E-state index contributed by atoms with van der Waals surface area (Å²) >= 11 is 6.07. The molecule has 1 aliphatic rings. The van der Waals surface area contributed by atoms with Crippen LogP contribution in [0.4, 0.5) is 0 Å². The first-order valence-corrected chi connectivity index (χ1v) is 6.70. The van der Waals surface area contributed by atoms with Gasteiger partial charge in [-0.2, -0.15) is 0 Å². The molecule has 4 heteroatoms. The summed E-state index contributed by atoms with van der Waals surface area (Å²) in [6.07, 6.45) is 2.98. The van der Waals surface area contributed by atoms with E-state index in [4.69, 9.17) is 11.6 Å². The number of hydrogen-bond acceptors (Lipinski definition) is 2. The van der Waals surface area contributed by atoms with Gasteiger partial charge in [0.1, 0.15) is 0 Å². The molecule has 1 aromatic carbocycles. The maximum Gasteiger partial charge on any atom is 0.0952 e.